The number of likely N-dealkylation sites (tertiary alicyclic amines) is 1. The molecule has 4 rings (SSSR count). The summed E-state index contributed by atoms with van der Waals surface area (Å²) in [6.45, 7) is 1.54. The monoisotopic (exact) mass is 338 g/mol. The number of aromatic nitrogens is 3. The van der Waals surface area contributed by atoms with E-state index in [1.807, 2.05) is 27.9 Å². The summed E-state index contributed by atoms with van der Waals surface area (Å²) < 4.78 is 1.88. The lowest BCUT2D eigenvalue weighted by Gasteiger charge is -2.32. The summed E-state index contributed by atoms with van der Waals surface area (Å²) in [5, 5.41) is 7.99. The Kier molecular flexibility index (Phi) is 4.81. The van der Waals surface area contributed by atoms with E-state index in [0.29, 0.717) is 12.5 Å². The third kappa shape index (κ3) is 3.60. The van der Waals surface area contributed by atoms with Crippen molar-refractivity contribution in [1.29, 1.82) is 0 Å². The minimum Gasteiger partial charge on any atom is -0.337 e. The summed E-state index contributed by atoms with van der Waals surface area (Å²) in [5.74, 6) is 0.824. The van der Waals surface area contributed by atoms with E-state index >= 15 is 0 Å². The Bertz CT molecular complexity index is 689. The number of piperidine rings is 1. The zero-order valence-electron chi connectivity index (χ0n) is 14.7. The molecule has 0 spiro atoms. The van der Waals surface area contributed by atoms with Gasteiger partial charge < -0.3 is 4.90 Å². The van der Waals surface area contributed by atoms with Crippen molar-refractivity contribution in [3.8, 4) is 0 Å². The quantitative estimate of drug-likeness (QED) is 0.855. The van der Waals surface area contributed by atoms with E-state index in [1.54, 1.807) is 6.20 Å². The molecule has 1 saturated carbocycles. The smallest absolute Gasteiger partial charge is 0.253 e. The Morgan fingerprint density at radius 2 is 1.80 bits per heavy atom. The van der Waals surface area contributed by atoms with Crippen LogP contribution in [0.3, 0.4) is 0 Å². The molecule has 0 N–H and O–H groups in total. The van der Waals surface area contributed by atoms with Crippen LogP contribution in [0.1, 0.15) is 72.8 Å². The maximum Gasteiger partial charge on any atom is 0.253 e. The van der Waals surface area contributed by atoms with Crippen LogP contribution in [0, 0.1) is 0 Å². The van der Waals surface area contributed by atoms with Crippen molar-refractivity contribution in [3.05, 3.63) is 47.8 Å². The molecule has 1 atom stereocenters. The van der Waals surface area contributed by atoms with Crippen LogP contribution < -0.4 is 0 Å². The molecular weight excluding hydrogens is 312 g/mol. The van der Waals surface area contributed by atoms with Gasteiger partial charge in [0.15, 0.2) is 0 Å². The van der Waals surface area contributed by atoms with Crippen molar-refractivity contribution in [2.24, 2.45) is 0 Å². The Balaban J connectivity index is 1.43. The number of hydrogen-bond acceptors (Lipinski definition) is 3. The Morgan fingerprint density at radius 1 is 1.00 bits per heavy atom. The number of amides is 1. The van der Waals surface area contributed by atoms with Gasteiger partial charge in [-0.25, -0.2) is 4.68 Å². The molecule has 2 aliphatic rings. The summed E-state index contributed by atoms with van der Waals surface area (Å²) in [5.41, 5.74) is 2.20. The van der Waals surface area contributed by atoms with Crippen LogP contribution in [0.5, 0.6) is 0 Å². The third-order valence-corrected chi connectivity index (χ3v) is 5.73. The number of nitrogens with zero attached hydrogens (tertiary/aromatic N) is 4. The molecule has 2 aromatic rings. The van der Waals surface area contributed by atoms with Crippen LogP contribution in [0.2, 0.25) is 0 Å². The highest BCUT2D eigenvalue weighted by Crippen LogP contribution is 2.32. The highest BCUT2D eigenvalue weighted by atomic mass is 16.2. The SMILES string of the molecule is O=C(c1ccc(C2CCCCC2)cc1)N1CCCC(n2ccnn2)C1. The number of carbonyl (C=O) groups is 1. The standard InChI is InChI=1S/C20H26N4O/c25-20(23-13-4-7-19(15-23)24-14-12-21-22-24)18-10-8-17(9-11-18)16-5-2-1-3-6-16/h8-12,14,16,19H,1-7,13,15H2. The van der Waals surface area contributed by atoms with Crippen LogP contribution in [-0.2, 0) is 0 Å². The van der Waals surface area contributed by atoms with Crippen molar-refractivity contribution in [2.75, 3.05) is 13.1 Å². The number of hydrogen-bond donors (Lipinski definition) is 0. The number of rotatable bonds is 3. The van der Waals surface area contributed by atoms with E-state index in [-0.39, 0.29) is 11.9 Å². The largest absolute Gasteiger partial charge is 0.337 e. The predicted octanol–water partition coefficient (Wildman–Crippen LogP) is 3.80. The third-order valence-electron chi connectivity index (χ3n) is 5.73. The zero-order valence-corrected chi connectivity index (χ0v) is 14.7. The van der Waals surface area contributed by atoms with Gasteiger partial charge in [0, 0.05) is 24.8 Å². The van der Waals surface area contributed by atoms with Gasteiger partial charge in [0.1, 0.15) is 0 Å². The fraction of sp³-hybridized carbons (Fsp3) is 0.550. The van der Waals surface area contributed by atoms with Gasteiger partial charge in [-0.05, 0) is 49.3 Å². The molecule has 132 valence electrons. The summed E-state index contributed by atoms with van der Waals surface area (Å²) in [6.07, 6.45) is 12.3. The molecule has 1 amide bonds. The van der Waals surface area contributed by atoms with E-state index in [0.717, 1.165) is 24.9 Å². The van der Waals surface area contributed by atoms with E-state index in [4.69, 9.17) is 0 Å². The molecule has 5 nitrogen and oxygen atoms in total. The van der Waals surface area contributed by atoms with Crippen molar-refractivity contribution in [1.82, 2.24) is 19.9 Å². The van der Waals surface area contributed by atoms with Gasteiger partial charge in [-0.1, -0.05) is 36.6 Å². The van der Waals surface area contributed by atoms with E-state index in [1.165, 1.54) is 37.7 Å². The Morgan fingerprint density at radius 3 is 2.52 bits per heavy atom. The van der Waals surface area contributed by atoms with Crippen molar-refractivity contribution in [2.45, 2.75) is 56.9 Å². The lowest BCUT2D eigenvalue weighted by molar-refractivity contribution is 0.0672. The van der Waals surface area contributed by atoms with Gasteiger partial charge in [-0.2, -0.15) is 0 Å². The maximum absolute atomic E-state index is 12.9. The van der Waals surface area contributed by atoms with Gasteiger partial charge >= 0.3 is 0 Å². The van der Waals surface area contributed by atoms with E-state index in [9.17, 15) is 4.79 Å². The van der Waals surface area contributed by atoms with Crippen LogP contribution in [0.4, 0.5) is 0 Å². The van der Waals surface area contributed by atoms with Gasteiger partial charge in [0.05, 0.1) is 12.2 Å². The second-order valence-electron chi connectivity index (χ2n) is 7.39. The minimum absolute atomic E-state index is 0.139. The second kappa shape index (κ2) is 7.38. The minimum atomic E-state index is 0.139. The second-order valence-corrected chi connectivity index (χ2v) is 7.39. The first-order valence-electron chi connectivity index (χ1n) is 9.56. The van der Waals surface area contributed by atoms with Crippen LogP contribution in [-0.4, -0.2) is 38.9 Å². The molecule has 1 aromatic carbocycles. The average molecular weight is 338 g/mol. The molecule has 1 aliphatic carbocycles. The van der Waals surface area contributed by atoms with Crippen molar-refractivity contribution in [3.63, 3.8) is 0 Å². The number of carbonyl (C=O) groups excluding carboxylic acids is 1. The molecular formula is C20H26N4O. The number of benzene rings is 1. The molecule has 1 unspecified atom stereocenters. The molecule has 5 heteroatoms. The first-order valence-corrected chi connectivity index (χ1v) is 9.56. The van der Waals surface area contributed by atoms with Crippen molar-refractivity contribution >= 4 is 5.91 Å². The average Bonchev–Trinajstić information content (AvgIpc) is 3.23. The van der Waals surface area contributed by atoms with Gasteiger partial charge in [0.2, 0.25) is 0 Å². The fourth-order valence-corrected chi connectivity index (χ4v) is 4.28. The maximum atomic E-state index is 12.9. The molecule has 1 aliphatic heterocycles. The first-order chi connectivity index (χ1) is 12.3. The van der Waals surface area contributed by atoms with E-state index in [2.05, 4.69) is 22.4 Å². The van der Waals surface area contributed by atoms with Gasteiger partial charge in [-0.3, -0.25) is 4.79 Å². The molecule has 0 bridgehead atoms. The Hall–Kier alpha value is -2.17. The normalized spacial score (nSPS) is 22.1. The summed E-state index contributed by atoms with van der Waals surface area (Å²) in [7, 11) is 0. The first kappa shape index (κ1) is 16.3. The molecule has 2 heterocycles. The van der Waals surface area contributed by atoms with Gasteiger partial charge in [-0.15, -0.1) is 5.10 Å². The van der Waals surface area contributed by atoms with Crippen LogP contribution in [0.15, 0.2) is 36.7 Å². The van der Waals surface area contributed by atoms with Crippen molar-refractivity contribution < 1.29 is 4.79 Å². The molecule has 25 heavy (non-hydrogen) atoms. The summed E-state index contributed by atoms with van der Waals surface area (Å²) in [6, 6.07) is 8.61. The molecule has 2 fully saturated rings. The highest BCUT2D eigenvalue weighted by Gasteiger charge is 2.26. The molecule has 1 saturated heterocycles. The topological polar surface area (TPSA) is 51.0 Å². The zero-order chi connectivity index (χ0) is 17.1. The summed E-state index contributed by atoms with van der Waals surface area (Å²) >= 11 is 0. The lowest BCUT2D eigenvalue weighted by Crippen LogP contribution is -2.40. The van der Waals surface area contributed by atoms with Crippen LogP contribution in [0.25, 0.3) is 0 Å². The Labute approximate surface area is 149 Å². The molecule has 1 aromatic heterocycles. The predicted molar refractivity (Wildman–Crippen MR) is 96.5 cm³/mol. The lowest BCUT2D eigenvalue weighted by atomic mass is 9.84. The van der Waals surface area contributed by atoms with Gasteiger partial charge in [0.25, 0.3) is 5.91 Å². The van der Waals surface area contributed by atoms with Crippen LogP contribution >= 0.6 is 0 Å². The fourth-order valence-electron chi connectivity index (χ4n) is 4.28. The van der Waals surface area contributed by atoms with E-state index < -0.39 is 0 Å². The highest BCUT2D eigenvalue weighted by molar-refractivity contribution is 5.94. The summed E-state index contributed by atoms with van der Waals surface area (Å²) in [4.78, 5) is 14.8. The molecule has 0 radical (unpaired) electrons.